The number of carbonyl (C=O) groups excluding carboxylic acids is 1. The van der Waals surface area contributed by atoms with E-state index in [9.17, 15) is 4.79 Å². The van der Waals surface area contributed by atoms with Crippen LogP contribution in [0.25, 0.3) is 0 Å². The molecule has 0 aromatic heterocycles. The zero-order chi connectivity index (χ0) is 22.2. The van der Waals surface area contributed by atoms with Gasteiger partial charge in [0.2, 0.25) is 5.91 Å². The molecular weight excluding hydrogens is 410 g/mol. The molecule has 2 unspecified atom stereocenters. The summed E-state index contributed by atoms with van der Waals surface area (Å²) in [5, 5.41) is 7.53. The minimum absolute atomic E-state index is 0.0318. The minimum atomic E-state index is -0.186. The van der Waals surface area contributed by atoms with Gasteiger partial charge in [-0.15, -0.1) is 0 Å². The molecule has 1 heterocycles. The molecule has 3 rings (SSSR count). The van der Waals surface area contributed by atoms with Gasteiger partial charge in [0.25, 0.3) is 0 Å². The Bertz CT molecular complexity index is 899. The van der Waals surface area contributed by atoms with E-state index in [0.29, 0.717) is 6.54 Å². The van der Waals surface area contributed by atoms with Crippen molar-refractivity contribution in [3.8, 4) is 0 Å². The lowest BCUT2D eigenvalue weighted by atomic mass is 9.97. The van der Waals surface area contributed by atoms with Gasteiger partial charge >= 0.3 is 0 Å². The number of benzene rings is 2. The van der Waals surface area contributed by atoms with Gasteiger partial charge in [0.05, 0.1) is 12.0 Å². The molecule has 2 aromatic carbocycles. The Morgan fingerprint density at radius 1 is 1.26 bits per heavy atom. The van der Waals surface area contributed by atoms with Gasteiger partial charge in [-0.1, -0.05) is 48.0 Å². The van der Waals surface area contributed by atoms with E-state index in [2.05, 4.69) is 51.7 Å². The van der Waals surface area contributed by atoms with E-state index < -0.39 is 0 Å². The fourth-order valence-electron chi connectivity index (χ4n) is 3.95. The van der Waals surface area contributed by atoms with Crippen molar-refractivity contribution in [3.63, 3.8) is 0 Å². The SMILES string of the molecule is CN=C(NCc1cccc(CN2CCCC(C(N)=O)C2)c1)NC(C)c1ccc(Cl)cc1. The third kappa shape index (κ3) is 6.97. The fourth-order valence-corrected chi connectivity index (χ4v) is 4.07. The number of nitrogens with one attached hydrogen (secondary N) is 2. The highest BCUT2D eigenvalue weighted by Gasteiger charge is 2.23. The van der Waals surface area contributed by atoms with Crippen LogP contribution >= 0.6 is 11.6 Å². The van der Waals surface area contributed by atoms with E-state index in [0.717, 1.165) is 49.0 Å². The Morgan fingerprint density at radius 3 is 2.71 bits per heavy atom. The van der Waals surface area contributed by atoms with Crippen LogP contribution in [0.3, 0.4) is 0 Å². The van der Waals surface area contributed by atoms with Crippen LogP contribution in [0, 0.1) is 5.92 Å². The maximum atomic E-state index is 11.5. The first-order chi connectivity index (χ1) is 14.9. The average Bonchev–Trinajstić information content (AvgIpc) is 2.77. The number of primary amides is 1. The van der Waals surface area contributed by atoms with E-state index in [-0.39, 0.29) is 17.9 Å². The van der Waals surface area contributed by atoms with E-state index in [4.69, 9.17) is 17.3 Å². The summed E-state index contributed by atoms with van der Waals surface area (Å²) in [5.74, 6) is 0.526. The molecule has 1 fully saturated rings. The van der Waals surface area contributed by atoms with Gasteiger partial charge in [-0.25, -0.2) is 0 Å². The molecule has 0 radical (unpaired) electrons. The van der Waals surface area contributed by atoms with Crippen LogP contribution < -0.4 is 16.4 Å². The number of guanidine groups is 1. The maximum absolute atomic E-state index is 11.5. The molecule has 2 aromatic rings. The molecule has 1 amide bonds. The Balaban J connectivity index is 1.53. The fraction of sp³-hybridized carbons (Fsp3) is 0.417. The standard InChI is InChI=1S/C24H32ClN5O/c1-17(20-8-10-22(25)11-9-20)29-24(27-2)28-14-18-5-3-6-19(13-18)15-30-12-4-7-21(16-30)23(26)31/h3,5-6,8-11,13,17,21H,4,7,12,14-16H2,1-2H3,(H2,26,31)(H2,27,28,29). The molecule has 0 spiro atoms. The lowest BCUT2D eigenvalue weighted by Crippen LogP contribution is -2.40. The van der Waals surface area contributed by atoms with E-state index in [1.807, 2.05) is 24.3 Å². The number of halogens is 1. The number of hydrogen-bond acceptors (Lipinski definition) is 3. The largest absolute Gasteiger partial charge is 0.369 e. The van der Waals surface area contributed by atoms with Crippen molar-refractivity contribution in [1.29, 1.82) is 0 Å². The van der Waals surface area contributed by atoms with Gasteiger partial charge in [0.1, 0.15) is 0 Å². The molecule has 1 aliphatic heterocycles. The monoisotopic (exact) mass is 441 g/mol. The number of nitrogens with zero attached hydrogens (tertiary/aromatic N) is 2. The van der Waals surface area contributed by atoms with Crippen LogP contribution in [0.5, 0.6) is 0 Å². The first kappa shape index (κ1) is 23.1. The molecular formula is C24H32ClN5O. The summed E-state index contributed by atoms with van der Waals surface area (Å²) in [4.78, 5) is 18.2. The van der Waals surface area contributed by atoms with Gasteiger partial charge in [-0.05, 0) is 55.1 Å². The van der Waals surface area contributed by atoms with E-state index in [1.54, 1.807) is 7.05 Å². The Labute approximate surface area is 189 Å². The van der Waals surface area contributed by atoms with Crippen LogP contribution in [0.15, 0.2) is 53.5 Å². The molecule has 166 valence electrons. The molecule has 1 aliphatic rings. The highest BCUT2D eigenvalue weighted by molar-refractivity contribution is 6.30. The first-order valence-electron chi connectivity index (χ1n) is 10.8. The molecule has 6 nitrogen and oxygen atoms in total. The Hall–Kier alpha value is -2.57. The topological polar surface area (TPSA) is 82.8 Å². The predicted octanol–water partition coefficient (Wildman–Crippen LogP) is 3.46. The van der Waals surface area contributed by atoms with Crippen molar-refractivity contribution in [3.05, 3.63) is 70.2 Å². The van der Waals surface area contributed by atoms with Crippen LogP contribution in [0.2, 0.25) is 5.02 Å². The van der Waals surface area contributed by atoms with E-state index >= 15 is 0 Å². The van der Waals surface area contributed by atoms with Crippen LogP contribution in [0.1, 0.15) is 42.5 Å². The molecule has 0 saturated carbocycles. The smallest absolute Gasteiger partial charge is 0.221 e. The third-order valence-corrected chi connectivity index (χ3v) is 5.96. The zero-order valence-electron chi connectivity index (χ0n) is 18.3. The maximum Gasteiger partial charge on any atom is 0.221 e. The predicted molar refractivity (Wildman–Crippen MR) is 127 cm³/mol. The highest BCUT2D eigenvalue weighted by atomic mass is 35.5. The minimum Gasteiger partial charge on any atom is -0.369 e. The number of carbonyl (C=O) groups is 1. The summed E-state index contributed by atoms with van der Waals surface area (Å²) in [5.41, 5.74) is 9.07. The Kier molecular flexibility index (Phi) is 8.32. The summed E-state index contributed by atoms with van der Waals surface area (Å²) in [6, 6.07) is 16.4. The number of rotatable bonds is 7. The molecule has 2 atom stereocenters. The van der Waals surface area contributed by atoms with Crippen molar-refractivity contribution >= 4 is 23.5 Å². The molecule has 0 bridgehead atoms. The summed E-state index contributed by atoms with van der Waals surface area (Å²) < 4.78 is 0. The Morgan fingerprint density at radius 2 is 2.00 bits per heavy atom. The van der Waals surface area contributed by atoms with Gasteiger partial charge in [-0.3, -0.25) is 14.7 Å². The second-order valence-corrected chi connectivity index (χ2v) is 8.58. The average molecular weight is 442 g/mol. The molecule has 1 saturated heterocycles. The van der Waals surface area contributed by atoms with Crippen LogP contribution in [0.4, 0.5) is 0 Å². The number of nitrogens with two attached hydrogens (primary N) is 1. The molecule has 0 aliphatic carbocycles. The summed E-state index contributed by atoms with van der Waals surface area (Å²) in [7, 11) is 1.77. The third-order valence-electron chi connectivity index (χ3n) is 5.71. The van der Waals surface area contributed by atoms with Crippen molar-refractivity contribution < 1.29 is 4.79 Å². The lowest BCUT2D eigenvalue weighted by molar-refractivity contribution is -0.123. The zero-order valence-corrected chi connectivity index (χ0v) is 19.0. The summed E-state index contributed by atoms with van der Waals surface area (Å²) in [6.07, 6.45) is 1.92. The number of amides is 1. The number of hydrogen-bond donors (Lipinski definition) is 3. The summed E-state index contributed by atoms with van der Waals surface area (Å²) >= 11 is 5.98. The van der Waals surface area contributed by atoms with Crippen LogP contribution in [-0.2, 0) is 17.9 Å². The lowest BCUT2D eigenvalue weighted by Gasteiger charge is -2.31. The van der Waals surface area contributed by atoms with Gasteiger partial charge < -0.3 is 16.4 Å². The van der Waals surface area contributed by atoms with Crippen LogP contribution in [-0.4, -0.2) is 36.9 Å². The highest BCUT2D eigenvalue weighted by Crippen LogP contribution is 2.19. The number of likely N-dealkylation sites (tertiary alicyclic amines) is 1. The molecule has 31 heavy (non-hydrogen) atoms. The number of piperidine rings is 1. The molecule has 7 heteroatoms. The van der Waals surface area contributed by atoms with Gasteiger partial charge in [0, 0.05) is 31.7 Å². The first-order valence-corrected chi connectivity index (χ1v) is 11.1. The molecule has 4 N–H and O–H groups in total. The summed E-state index contributed by atoms with van der Waals surface area (Å²) in [6.45, 7) is 5.35. The van der Waals surface area contributed by atoms with Crippen molar-refractivity contribution in [2.24, 2.45) is 16.6 Å². The number of aliphatic imine (C=N–C) groups is 1. The van der Waals surface area contributed by atoms with E-state index in [1.165, 1.54) is 11.1 Å². The second kappa shape index (κ2) is 11.2. The normalized spacial score (nSPS) is 18.4. The van der Waals surface area contributed by atoms with Gasteiger partial charge in [-0.2, -0.15) is 0 Å². The van der Waals surface area contributed by atoms with Crippen molar-refractivity contribution in [1.82, 2.24) is 15.5 Å². The van der Waals surface area contributed by atoms with Crippen molar-refractivity contribution in [2.45, 2.75) is 38.9 Å². The second-order valence-electron chi connectivity index (χ2n) is 8.14. The quantitative estimate of drug-likeness (QED) is 0.454. The van der Waals surface area contributed by atoms with Crippen molar-refractivity contribution in [2.75, 3.05) is 20.1 Å². The van der Waals surface area contributed by atoms with Gasteiger partial charge in [0.15, 0.2) is 5.96 Å².